The SMILES string of the molecule is CC(=O)c1c(C)cc(C)c(CNc2cc(C)cc(C)c2)c1C. The smallest absolute Gasteiger partial charge is 0.160 e. The highest BCUT2D eigenvalue weighted by molar-refractivity contribution is 5.97. The summed E-state index contributed by atoms with van der Waals surface area (Å²) in [5.41, 5.74) is 9.11. The third-order valence-electron chi connectivity index (χ3n) is 4.17. The van der Waals surface area contributed by atoms with Gasteiger partial charge in [0, 0.05) is 17.8 Å². The van der Waals surface area contributed by atoms with Gasteiger partial charge in [0.2, 0.25) is 0 Å². The van der Waals surface area contributed by atoms with E-state index >= 15 is 0 Å². The van der Waals surface area contributed by atoms with Crippen LogP contribution in [0, 0.1) is 34.6 Å². The molecule has 0 unspecified atom stereocenters. The molecule has 0 heterocycles. The maximum atomic E-state index is 11.9. The summed E-state index contributed by atoms with van der Waals surface area (Å²) in [6.07, 6.45) is 0. The average Bonchev–Trinajstić information content (AvgIpc) is 2.35. The molecule has 0 radical (unpaired) electrons. The largest absolute Gasteiger partial charge is 0.381 e. The minimum atomic E-state index is 0.141. The van der Waals surface area contributed by atoms with Crippen molar-refractivity contribution in [3.8, 4) is 0 Å². The van der Waals surface area contributed by atoms with E-state index in [0.29, 0.717) is 0 Å². The molecule has 0 amide bonds. The lowest BCUT2D eigenvalue weighted by Gasteiger charge is -2.17. The first-order valence-electron chi connectivity index (χ1n) is 7.72. The van der Waals surface area contributed by atoms with Crippen molar-refractivity contribution in [3.05, 3.63) is 63.2 Å². The van der Waals surface area contributed by atoms with Gasteiger partial charge in [0.1, 0.15) is 0 Å². The van der Waals surface area contributed by atoms with Gasteiger partial charge in [-0.05, 0) is 87.1 Å². The van der Waals surface area contributed by atoms with Crippen LogP contribution in [-0.4, -0.2) is 5.78 Å². The van der Waals surface area contributed by atoms with E-state index in [9.17, 15) is 4.79 Å². The zero-order valence-electron chi connectivity index (χ0n) is 14.4. The maximum Gasteiger partial charge on any atom is 0.160 e. The molecule has 2 rings (SSSR count). The molecule has 2 nitrogen and oxygen atoms in total. The lowest BCUT2D eigenvalue weighted by Crippen LogP contribution is -2.09. The fraction of sp³-hybridized carbons (Fsp3) is 0.350. The second kappa shape index (κ2) is 6.35. The standard InChI is InChI=1S/C20H25NO/c1-12-7-13(2)9-18(8-12)21-11-19-14(3)10-15(4)20(16(19)5)17(6)22/h7-10,21H,11H2,1-6H3. The van der Waals surface area contributed by atoms with Crippen LogP contribution < -0.4 is 5.32 Å². The molecule has 0 fully saturated rings. The molecule has 0 saturated carbocycles. The third kappa shape index (κ3) is 3.38. The fourth-order valence-corrected chi connectivity index (χ4v) is 3.31. The second-order valence-electron chi connectivity index (χ2n) is 6.28. The van der Waals surface area contributed by atoms with Crippen molar-refractivity contribution in [2.45, 2.75) is 48.1 Å². The van der Waals surface area contributed by atoms with E-state index in [1.807, 2.05) is 6.92 Å². The second-order valence-corrected chi connectivity index (χ2v) is 6.28. The highest BCUT2D eigenvalue weighted by Gasteiger charge is 2.14. The minimum Gasteiger partial charge on any atom is -0.381 e. The minimum absolute atomic E-state index is 0.141. The highest BCUT2D eigenvalue weighted by Crippen LogP contribution is 2.24. The summed E-state index contributed by atoms with van der Waals surface area (Å²) in [5, 5.41) is 3.50. The van der Waals surface area contributed by atoms with Crippen LogP contribution >= 0.6 is 0 Å². The Morgan fingerprint density at radius 1 is 0.909 bits per heavy atom. The molecule has 0 aromatic heterocycles. The van der Waals surface area contributed by atoms with Crippen molar-refractivity contribution in [1.82, 2.24) is 0 Å². The number of hydrogen-bond donors (Lipinski definition) is 1. The van der Waals surface area contributed by atoms with Crippen LogP contribution in [-0.2, 0) is 6.54 Å². The van der Waals surface area contributed by atoms with E-state index in [4.69, 9.17) is 0 Å². The summed E-state index contributed by atoms with van der Waals surface area (Å²) in [5.74, 6) is 0.141. The van der Waals surface area contributed by atoms with Crippen LogP contribution in [0.2, 0.25) is 0 Å². The first-order chi connectivity index (χ1) is 10.3. The zero-order valence-corrected chi connectivity index (χ0v) is 14.4. The Hall–Kier alpha value is -2.09. The quantitative estimate of drug-likeness (QED) is 0.800. The van der Waals surface area contributed by atoms with Crippen LogP contribution in [0.15, 0.2) is 24.3 Å². The van der Waals surface area contributed by atoms with E-state index in [1.54, 1.807) is 6.92 Å². The Bertz CT molecular complexity index is 709. The molecule has 116 valence electrons. The van der Waals surface area contributed by atoms with Crippen molar-refractivity contribution < 1.29 is 4.79 Å². The first kappa shape index (κ1) is 16.3. The van der Waals surface area contributed by atoms with Gasteiger partial charge in [0.05, 0.1) is 0 Å². The summed E-state index contributed by atoms with van der Waals surface area (Å²) >= 11 is 0. The summed E-state index contributed by atoms with van der Waals surface area (Å²) in [4.78, 5) is 11.9. The van der Waals surface area contributed by atoms with Gasteiger partial charge in [-0.2, -0.15) is 0 Å². The van der Waals surface area contributed by atoms with E-state index in [2.05, 4.69) is 57.3 Å². The lowest BCUT2D eigenvalue weighted by atomic mass is 9.91. The zero-order chi connectivity index (χ0) is 16.4. The van der Waals surface area contributed by atoms with Crippen LogP contribution in [0.4, 0.5) is 5.69 Å². The van der Waals surface area contributed by atoms with E-state index in [0.717, 1.165) is 28.9 Å². The maximum absolute atomic E-state index is 11.9. The fourth-order valence-electron chi connectivity index (χ4n) is 3.31. The van der Waals surface area contributed by atoms with E-state index in [1.165, 1.54) is 22.3 Å². The number of aryl methyl sites for hydroxylation is 4. The van der Waals surface area contributed by atoms with Gasteiger partial charge < -0.3 is 5.32 Å². The van der Waals surface area contributed by atoms with Crippen molar-refractivity contribution in [2.75, 3.05) is 5.32 Å². The molecule has 2 aromatic rings. The van der Waals surface area contributed by atoms with E-state index in [-0.39, 0.29) is 5.78 Å². The van der Waals surface area contributed by atoms with Crippen LogP contribution in [0.25, 0.3) is 0 Å². The summed E-state index contributed by atoms with van der Waals surface area (Å²) in [7, 11) is 0. The number of hydrogen-bond acceptors (Lipinski definition) is 2. The molecule has 0 spiro atoms. The predicted molar refractivity (Wildman–Crippen MR) is 93.9 cm³/mol. The molecule has 0 aliphatic rings. The monoisotopic (exact) mass is 295 g/mol. The molecule has 0 saturated heterocycles. The molecular weight excluding hydrogens is 270 g/mol. The van der Waals surface area contributed by atoms with E-state index < -0.39 is 0 Å². The number of anilines is 1. The number of rotatable bonds is 4. The first-order valence-corrected chi connectivity index (χ1v) is 7.72. The lowest BCUT2D eigenvalue weighted by molar-refractivity contribution is 0.101. The number of Topliss-reactive ketones (excluding diaryl/α,β-unsaturated/α-hetero) is 1. The van der Waals surface area contributed by atoms with Gasteiger partial charge >= 0.3 is 0 Å². The number of carbonyl (C=O) groups is 1. The molecule has 1 N–H and O–H groups in total. The Labute approximate surface area is 133 Å². The molecule has 2 heteroatoms. The van der Waals surface area contributed by atoms with Gasteiger partial charge in [-0.3, -0.25) is 4.79 Å². The Morgan fingerprint density at radius 2 is 1.50 bits per heavy atom. The van der Waals surface area contributed by atoms with Crippen molar-refractivity contribution in [3.63, 3.8) is 0 Å². The molecule has 0 atom stereocenters. The number of carbonyl (C=O) groups excluding carboxylic acids is 1. The number of benzene rings is 2. The van der Waals surface area contributed by atoms with Crippen LogP contribution in [0.3, 0.4) is 0 Å². The summed E-state index contributed by atoms with van der Waals surface area (Å²) in [6.45, 7) is 12.8. The molecule has 0 aliphatic heterocycles. The van der Waals surface area contributed by atoms with Gasteiger partial charge in [-0.1, -0.05) is 12.1 Å². The van der Waals surface area contributed by atoms with Crippen molar-refractivity contribution >= 4 is 11.5 Å². The van der Waals surface area contributed by atoms with Gasteiger partial charge in [-0.25, -0.2) is 0 Å². The Morgan fingerprint density at radius 3 is 2.05 bits per heavy atom. The van der Waals surface area contributed by atoms with Gasteiger partial charge in [0.25, 0.3) is 0 Å². The number of ketones is 1. The van der Waals surface area contributed by atoms with Gasteiger partial charge in [0.15, 0.2) is 5.78 Å². The molecule has 0 bridgehead atoms. The molecule has 22 heavy (non-hydrogen) atoms. The Kier molecular flexibility index (Phi) is 4.70. The van der Waals surface area contributed by atoms with Crippen molar-refractivity contribution in [1.29, 1.82) is 0 Å². The predicted octanol–water partition coefficient (Wildman–Crippen LogP) is 5.04. The summed E-state index contributed by atoms with van der Waals surface area (Å²) in [6, 6.07) is 8.58. The third-order valence-corrected chi connectivity index (χ3v) is 4.17. The van der Waals surface area contributed by atoms with Gasteiger partial charge in [-0.15, -0.1) is 0 Å². The molecule has 0 aliphatic carbocycles. The normalized spacial score (nSPS) is 10.6. The molecular formula is C20H25NO. The topological polar surface area (TPSA) is 29.1 Å². The van der Waals surface area contributed by atoms with Crippen LogP contribution in [0.5, 0.6) is 0 Å². The Balaban J connectivity index is 2.33. The highest BCUT2D eigenvalue weighted by atomic mass is 16.1. The summed E-state index contributed by atoms with van der Waals surface area (Å²) < 4.78 is 0. The average molecular weight is 295 g/mol. The van der Waals surface area contributed by atoms with Crippen molar-refractivity contribution in [2.24, 2.45) is 0 Å². The molecule has 2 aromatic carbocycles. The van der Waals surface area contributed by atoms with Crippen LogP contribution in [0.1, 0.15) is 50.7 Å². The number of nitrogens with one attached hydrogen (secondary N) is 1.